The van der Waals surface area contributed by atoms with Crippen molar-refractivity contribution in [3.8, 4) is 0 Å². The third-order valence-electron chi connectivity index (χ3n) is 2.87. The van der Waals surface area contributed by atoms with Gasteiger partial charge in [-0.1, -0.05) is 13.8 Å². The summed E-state index contributed by atoms with van der Waals surface area (Å²) in [6.07, 6.45) is 3.20. The fraction of sp³-hybridized carbons (Fsp3) is 0.750. The number of hydrogen-bond donors (Lipinski definition) is 1. The molecule has 0 saturated carbocycles. The lowest BCUT2D eigenvalue weighted by atomic mass is 10.1. The molecule has 0 spiro atoms. The molecule has 16 heavy (non-hydrogen) atoms. The fourth-order valence-electron chi connectivity index (χ4n) is 1.80. The Labute approximate surface area is 101 Å². The Balaban J connectivity index is 1.72. The number of nitrogens with zero attached hydrogens (tertiary/aromatic N) is 1. The molecule has 1 aliphatic heterocycles. The molecular weight excluding hydrogens is 220 g/mol. The summed E-state index contributed by atoms with van der Waals surface area (Å²) in [7, 11) is 0. The Morgan fingerprint density at radius 3 is 3.12 bits per heavy atom. The van der Waals surface area contributed by atoms with Crippen LogP contribution in [0.1, 0.15) is 36.1 Å². The van der Waals surface area contributed by atoms with Gasteiger partial charge in [0.25, 0.3) is 0 Å². The SMILES string of the molecule is CC(C)c1cnc(CNCC2CCOC2)s1. The van der Waals surface area contributed by atoms with Crippen LogP contribution in [-0.2, 0) is 11.3 Å². The van der Waals surface area contributed by atoms with Crippen molar-refractivity contribution >= 4 is 11.3 Å². The van der Waals surface area contributed by atoms with Crippen LogP contribution in [0.4, 0.5) is 0 Å². The quantitative estimate of drug-likeness (QED) is 0.858. The summed E-state index contributed by atoms with van der Waals surface area (Å²) in [5, 5.41) is 4.66. The molecule has 1 fully saturated rings. The molecule has 90 valence electrons. The molecule has 1 aliphatic rings. The molecule has 3 nitrogen and oxygen atoms in total. The van der Waals surface area contributed by atoms with E-state index in [1.54, 1.807) is 0 Å². The molecule has 0 aromatic carbocycles. The van der Waals surface area contributed by atoms with E-state index in [0.29, 0.717) is 11.8 Å². The number of aromatic nitrogens is 1. The van der Waals surface area contributed by atoms with Gasteiger partial charge < -0.3 is 10.1 Å². The molecule has 1 unspecified atom stereocenters. The minimum Gasteiger partial charge on any atom is -0.381 e. The summed E-state index contributed by atoms with van der Waals surface area (Å²) in [6.45, 7) is 8.22. The zero-order valence-corrected chi connectivity index (χ0v) is 10.8. The largest absolute Gasteiger partial charge is 0.381 e. The van der Waals surface area contributed by atoms with Crippen LogP contribution in [0, 0.1) is 5.92 Å². The lowest BCUT2D eigenvalue weighted by Gasteiger charge is -2.07. The van der Waals surface area contributed by atoms with Gasteiger partial charge in [0.2, 0.25) is 0 Å². The second-order valence-electron chi connectivity index (χ2n) is 4.67. The molecule has 1 N–H and O–H groups in total. The summed E-state index contributed by atoms with van der Waals surface area (Å²) >= 11 is 1.82. The van der Waals surface area contributed by atoms with E-state index in [9.17, 15) is 0 Å². The first kappa shape index (κ1) is 12.0. The van der Waals surface area contributed by atoms with E-state index in [0.717, 1.165) is 26.3 Å². The second-order valence-corrected chi connectivity index (χ2v) is 5.82. The molecule has 4 heteroatoms. The Morgan fingerprint density at radius 1 is 1.62 bits per heavy atom. The van der Waals surface area contributed by atoms with Gasteiger partial charge in [0.15, 0.2) is 0 Å². The van der Waals surface area contributed by atoms with Crippen molar-refractivity contribution in [2.75, 3.05) is 19.8 Å². The molecule has 1 aromatic rings. The van der Waals surface area contributed by atoms with Crippen LogP contribution < -0.4 is 5.32 Å². The lowest BCUT2D eigenvalue weighted by Crippen LogP contribution is -2.22. The summed E-state index contributed by atoms with van der Waals surface area (Å²) in [5.41, 5.74) is 0. The third kappa shape index (κ3) is 3.27. The van der Waals surface area contributed by atoms with Gasteiger partial charge >= 0.3 is 0 Å². The molecule has 0 amide bonds. The maximum Gasteiger partial charge on any atom is 0.107 e. The highest BCUT2D eigenvalue weighted by Crippen LogP contribution is 2.21. The third-order valence-corrected chi connectivity index (χ3v) is 4.17. The first-order chi connectivity index (χ1) is 7.75. The van der Waals surface area contributed by atoms with E-state index in [-0.39, 0.29) is 0 Å². The van der Waals surface area contributed by atoms with E-state index < -0.39 is 0 Å². The molecule has 1 atom stereocenters. The van der Waals surface area contributed by atoms with Crippen molar-refractivity contribution in [3.05, 3.63) is 16.1 Å². The Bertz CT molecular complexity index is 319. The topological polar surface area (TPSA) is 34.2 Å². The standard InChI is InChI=1S/C12H20N2OS/c1-9(2)11-6-14-12(16-11)7-13-5-10-3-4-15-8-10/h6,9-10,13H,3-5,7-8H2,1-2H3. The van der Waals surface area contributed by atoms with Gasteiger partial charge in [0.1, 0.15) is 5.01 Å². The van der Waals surface area contributed by atoms with Crippen LogP contribution in [0.5, 0.6) is 0 Å². The Kier molecular flexibility index (Phi) is 4.32. The van der Waals surface area contributed by atoms with Crippen LogP contribution in [-0.4, -0.2) is 24.7 Å². The number of hydrogen-bond acceptors (Lipinski definition) is 4. The van der Waals surface area contributed by atoms with Gasteiger partial charge in [-0.3, -0.25) is 0 Å². The lowest BCUT2D eigenvalue weighted by molar-refractivity contribution is 0.185. The predicted octanol–water partition coefficient (Wildman–Crippen LogP) is 2.39. The summed E-state index contributed by atoms with van der Waals surface area (Å²) < 4.78 is 5.34. The molecule has 2 rings (SSSR count). The maximum absolute atomic E-state index is 5.34. The Morgan fingerprint density at radius 2 is 2.50 bits per heavy atom. The number of ether oxygens (including phenoxy) is 1. The summed E-state index contributed by atoms with van der Waals surface area (Å²) in [4.78, 5) is 5.80. The molecule has 0 aliphatic carbocycles. The van der Waals surface area contributed by atoms with Crippen LogP contribution in [0.3, 0.4) is 0 Å². The smallest absolute Gasteiger partial charge is 0.107 e. The molecule has 1 saturated heterocycles. The molecular formula is C12H20N2OS. The highest BCUT2D eigenvalue weighted by molar-refractivity contribution is 7.11. The van der Waals surface area contributed by atoms with Crippen molar-refractivity contribution in [2.24, 2.45) is 5.92 Å². The van der Waals surface area contributed by atoms with Gasteiger partial charge in [0, 0.05) is 30.8 Å². The van der Waals surface area contributed by atoms with Crippen molar-refractivity contribution in [3.63, 3.8) is 0 Å². The van der Waals surface area contributed by atoms with Crippen LogP contribution >= 0.6 is 11.3 Å². The van der Waals surface area contributed by atoms with Crippen molar-refractivity contribution in [2.45, 2.75) is 32.7 Å². The zero-order chi connectivity index (χ0) is 11.4. The predicted molar refractivity (Wildman–Crippen MR) is 66.8 cm³/mol. The van der Waals surface area contributed by atoms with Gasteiger partial charge in [0.05, 0.1) is 6.61 Å². The van der Waals surface area contributed by atoms with Gasteiger partial charge in [-0.15, -0.1) is 11.3 Å². The van der Waals surface area contributed by atoms with Crippen LogP contribution in [0.15, 0.2) is 6.20 Å². The first-order valence-electron chi connectivity index (χ1n) is 5.98. The number of rotatable bonds is 5. The Hall–Kier alpha value is -0.450. The van der Waals surface area contributed by atoms with E-state index >= 15 is 0 Å². The van der Waals surface area contributed by atoms with E-state index in [1.807, 2.05) is 17.5 Å². The van der Waals surface area contributed by atoms with E-state index in [2.05, 4.69) is 24.1 Å². The molecule has 2 heterocycles. The minimum absolute atomic E-state index is 0.592. The van der Waals surface area contributed by atoms with Crippen molar-refractivity contribution in [1.82, 2.24) is 10.3 Å². The highest BCUT2D eigenvalue weighted by Gasteiger charge is 2.15. The summed E-state index contributed by atoms with van der Waals surface area (Å²) in [5.74, 6) is 1.29. The van der Waals surface area contributed by atoms with Gasteiger partial charge in [-0.2, -0.15) is 0 Å². The average Bonchev–Trinajstić information content (AvgIpc) is 2.87. The first-order valence-corrected chi connectivity index (χ1v) is 6.80. The molecule has 1 aromatic heterocycles. The van der Waals surface area contributed by atoms with Gasteiger partial charge in [-0.25, -0.2) is 4.98 Å². The second kappa shape index (κ2) is 5.75. The molecule has 0 bridgehead atoms. The number of nitrogens with one attached hydrogen (secondary N) is 1. The minimum atomic E-state index is 0.592. The average molecular weight is 240 g/mol. The zero-order valence-electron chi connectivity index (χ0n) is 10.0. The summed E-state index contributed by atoms with van der Waals surface area (Å²) in [6, 6.07) is 0. The fourth-order valence-corrected chi connectivity index (χ4v) is 2.69. The van der Waals surface area contributed by atoms with Crippen molar-refractivity contribution < 1.29 is 4.74 Å². The van der Waals surface area contributed by atoms with E-state index in [4.69, 9.17) is 4.74 Å². The van der Waals surface area contributed by atoms with E-state index in [1.165, 1.54) is 16.3 Å². The van der Waals surface area contributed by atoms with Gasteiger partial charge in [-0.05, 0) is 18.3 Å². The normalized spacial score (nSPS) is 20.8. The van der Waals surface area contributed by atoms with Crippen LogP contribution in [0.2, 0.25) is 0 Å². The van der Waals surface area contributed by atoms with Crippen molar-refractivity contribution in [1.29, 1.82) is 0 Å². The molecule has 0 radical (unpaired) electrons. The number of thiazole rings is 1. The highest BCUT2D eigenvalue weighted by atomic mass is 32.1. The maximum atomic E-state index is 5.34. The monoisotopic (exact) mass is 240 g/mol. The van der Waals surface area contributed by atoms with Crippen LogP contribution in [0.25, 0.3) is 0 Å².